The van der Waals surface area contributed by atoms with Crippen molar-refractivity contribution >= 4 is 55.1 Å². The Bertz CT molecular complexity index is 1300. The fourth-order valence-electron chi connectivity index (χ4n) is 3.76. The highest BCUT2D eigenvalue weighted by molar-refractivity contribution is 9.10. The van der Waals surface area contributed by atoms with Gasteiger partial charge in [0.25, 0.3) is 0 Å². The maximum Gasteiger partial charge on any atom is 0.244 e. The van der Waals surface area contributed by atoms with Crippen LogP contribution in [0, 0.1) is 0 Å². The minimum atomic E-state index is -3.82. The van der Waals surface area contributed by atoms with Crippen molar-refractivity contribution in [2.75, 3.05) is 24.2 Å². The number of hydrogen-bond acceptors (Lipinski definition) is 4. The monoisotopic (exact) mass is 591 g/mol. The first-order valence-corrected chi connectivity index (χ1v) is 14.1. The summed E-state index contributed by atoms with van der Waals surface area (Å²) in [6.07, 6.45) is 1.30. The predicted octanol–water partition coefficient (Wildman–Crippen LogP) is 4.25. The van der Waals surface area contributed by atoms with Crippen LogP contribution in [0.25, 0.3) is 0 Å². The molecule has 0 aliphatic rings. The zero-order valence-electron chi connectivity index (χ0n) is 19.9. The number of benzene rings is 3. The number of nitrogens with one attached hydrogen (secondary N) is 1. The quantitative estimate of drug-likeness (QED) is 0.381. The van der Waals surface area contributed by atoms with Crippen LogP contribution in [-0.2, 0) is 32.6 Å². The number of rotatable bonds is 10. The fourth-order valence-corrected chi connectivity index (χ4v) is 5.36. The van der Waals surface area contributed by atoms with Gasteiger partial charge in [0.05, 0.1) is 11.9 Å². The Morgan fingerprint density at radius 2 is 1.56 bits per heavy atom. The molecular formula is C26H27BrClN3O4S. The topological polar surface area (TPSA) is 86.8 Å². The summed E-state index contributed by atoms with van der Waals surface area (Å²) in [6, 6.07) is 22.2. The van der Waals surface area contributed by atoms with E-state index >= 15 is 0 Å². The second-order valence-electron chi connectivity index (χ2n) is 8.19. The Labute approximate surface area is 225 Å². The van der Waals surface area contributed by atoms with Crippen LogP contribution in [0.5, 0.6) is 0 Å². The normalized spacial score (nSPS) is 12.0. The van der Waals surface area contributed by atoms with Crippen LogP contribution in [-0.4, -0.2) is 51.0 Å². The molecule has 1 N–H and O–H groups in total. The Hall–Kier alpha value is -2.88. The van der Waals surface area contributed by atoms with Gasteiger partial charge in [-0.05, 0) is 51.3 Å². The van der Waals surface area contributed by atoms with Crippen molar-refractivity contribution in [1.29, 1.82) is 0 Å². The summed E-state index contributed by atoms with van der Waals surface area (Å²) in [6.45, 7) is -0.383. The van der Waals surface area contributed by atoms with Gasteiger partial charge < -0.3 is 10.2 Å². The first-order valence-electron chi connectivity index (χ1n) is 11.1. The van der Waals surface area contributed by atoms with Crippen LogP contribution in [0.1, 0.15) is 11.1 Å². The second-order valence-corrected chi connectivity index (χ2v) is 11.4. The number of halogens is 2. The number of hydrogen-bond donors (Lipinski definition) is 1. The molecule has 3 rings (SSSR count). The lowest BCUT2D eigenvalue weighted by molar-refractivity contribution is -0.139. The molecule has 3 aromatic carbocycles. The highest BCUT2D eigenvalue weighted by Crippen LogP contribution is 2.28. The van der Waals surface area contributed by atoms with Gasteiger partial charge in [0.2, 0.25) is 21.8 Å². The molecule has 0 bridgehead atoms. The summed E-state index contributed by atoms with van der Waals surface area (Å²) >= 11 is 9.41. The molecule has 0 aliphatic heterocycles. The maximum absolute atomic E-state index is 13.8. The molecule has 0 saturated heterocycles. The lowest BCUT2D eigenvalue weighted by Gasteiger charge is -2.33. The highest BCUT2D eigenvalue weighted by atomic mass is 79.9. The number of nitrogens with zero attached hydrogens (tertiary/aromatic N) is 2. The van der Waals surface area contributed by atoms with Crippen LogP contribution >= 0.6 is 27.5 Å². The van der Waals surface area contributed by atoms with Gasteiger partial charge in [-0.2, -0.15) is 0 Å². The van der Waals surface area contributed by atoms with Gasteiger partial charge in [0.15, 0.2) is 0 Å². The number of likely N-dealkylation sites (N-methyl/N-ethyl adjacent to an activating group) is 1. The second kappa shape index (κ2) is 12.4. The Morgan fingerprint density at radius 3 is 2.14 bits per heavy atom. The number of anilines is 1. The van der Waals surface area contributed by atoms with Gasteiger partial charge in [-0.15, -0.1) is 0 Å². The van der Waals surface area contributed by atoms with Crippen molar-refractivity contribution in [2.45, 2.75) is 19.0 Å². The molecule has 36 heavy (non-hydrogen) atoms. The average molecular weight is 593 g/mol. The van der Waals surface area contributed by atoms with Gasteiger partial charge in [-0.3, -0.25) is 13.9 Å². The lowest BCUT2D eigenvalue weighted by atomic mass is 10.0. The van der Waals surface area contributed by atoms with Gasteiger partial charge in [0.1, 0.15) is 12.6 Å². The smallest absolute Gasteiger partial charge is 0.244 e. The van der Waals surface area contributed by atoms with Crippen LogP contribution < -0.4 is 9.62 Å². The summed E-state index contributed by atoms with van der Waals surface area (Å²) < 4.78 is 27.0. The Kier molecular flexibility index (Phi) is 9.53. The van der Waals surface area contributed by atoms with E-state index in [2.05, 4.69) is 21.2 Å². The first-order chi connectivity index (χ1) is 17.1. The highest BCUT2D eigenvalue weighted by Gasteiger charge is 2.33. The van der Waals surface area contributed by atoms with E-state index in [9.17, 15) is 18.0 Å². The predicted molar refractivity (Wildman–Crippen MR) is 146 cm³/mol. The Morgan fingerprint density at radius 1 is 0.944 bits per heavy atom. The molecule has 190 valence electrons. The summed E-state index contributed by atoms with van der Waals surface area (Å²) in [4.78, 5) is 28.3. The zero-order valence-corrected chi connectivity index (χ0v) is 23.1. The van der Waals surface area contributed by atoms with Crippen molar-refractivity contribution < 1.29 is 18.0 Å². The largest absolute Gasteiger partial charge is 0.357 e. The standard InChI is InChI=1S/C26H27BrClN3O4S/c1-29-26(33)24(16-19-8-4-3-5-9-19)30(17-20-12-14-21(28)15-13-20)25(32)18-31(36(2,34)35)23-11-7-6-10-22(23)27/h3-15,24H,16-18H2,1-2H3,(H,29,33). The summed E-state index contributed by atoms with van der Waals surface area (Å²) in [5.41, 5.74) is 1.95. The molecule has 0 spiro atoms. The van der Waals surface area contributed by atoms with Crippen molar-refractivity contribution in [3.05, 3.63) is 99.5 Å². The number of para-hydroxylation sites is 1. The van der Waals surface area contributed by atoms with Crippen LogP contribution in [0.2, 0.25) is 5.02 Å². The zero-order chi connectivity index (χ0) is 26.3. The molecule has 7 nitrogen and oxygen atoms in total. The molecule has 1 unspecified atom stereocenters. The molecule has 0 saturated carbocycles. The third-order valence-electron chi connectivity index (χ3n) is 5.58. The molecule has 3 aromatic rings. The molecule has 1 atom stereocenters. The molecule has 0 fully saturated rings. The van der Waals surface area contributed by atoms with E-state index < -0.39 is 28.5 Å². The number of amides is 2. The minimum absolute atomic E-state index is 0.0917. The third-order valence-corrected chi connectivity index (χ3v) is 7.63. The summed E-state index contributed by atoms with van der Waals surface area (Å²) in [5, 5.41) is 3.19. The van der Waals surface area contributed by atoms with Crippen molar-refractivity contribution in [3.8, 4) is 0 Å². The van der Waals surface area contributed by atoms with Crippen molar-refractivity contribution in [1.82, 2.24) is 10.2 Å². The summed E-state index contributed by atoms with van der Waals surface area (Å²) in [5.74, 6) is -0.872. The van der Waals surface area contributed by atoms with Gasteiger partial charge in [-0.1, -0.05) is 66.2 Å². The van der Waals surface area contributed by atoms with Crippen molar-refractivity contribution in [3.63, 3.8) is 0 Å². The van der Waals surface area contributed by atoms with E-state index in [0.29, 0.717) is 15.2 Å². The first kappa shape index (κ1) is 27.7. The van der Waals surface area contributed by atoms with Crippen LogP contribution in [0.15, 0.2) is 83.3 Å². The van der Waals surface area contributed by atoms with E-state index in [-0.39, 0.29) is 18.9 Å². The molecule has 2 amide bonds. The van der Waals surface area contributed by atoms with Crippen LogP contribution in [0.3, 0.4) is 0 Å². The van der Waals surface area contributed by atoms with Gasteiger partial charge in [0, 0.05) is 29.5 Å². The van der Waals surface area contributed by atoms with Crippen LogP contribution in [0.4, 0.5) is 5.69 Å². The van der Waals surface area contributed by atoms with E-state index in [4.69, 9.17) is 11.6 Å². The van der Waals surface area contributed by atoms with Gasteiger partial charge >= 0.3 is 0 Å². The molecular weight excluding hydrogens is 566 g/mol. The number of carbonyl (C=O) groups is 2. The van der Waals surface area contributed by atoms with E-state index in [1.807, 2.05) is 30.3 Å². The minimum Gasteiger partial charge on any atom is -0.357 e. The van der Waals surface area contributed by atoms with Gasteiger partial charge in [-0.25, -0.2) is 8.42 Å². The lowest BCUT2D eigenvalue weighted by Crippen LogP contribution is -2.52. The number of sulfonamides is 1. The average Bonchev–Trinajstić information content (AvgIpc) is 2.85. The fraction of sp³-hybridized carbons (Fsp3) is 0.231. The molecule has 10 heteroatoms. The number of carbonyl (C=O) groups excluding carboxylic acids is 2. The molecule has 0 heterocycles. The third kappa shape index (κ3) is 7.32. The molecule has 0 aliphatic carbocycles. The SMILES string of the molecule is CNC(=O)C(Cc1ccccc1)N(Cc1ccc(Cl)cc1)C(=O)CN(c1ccccc1Br)S(C)(=O)=O. The summed E-state index contributed by atoms with van der Waals surface area (Å²) in [7, 11) is -2.31. The molecule has 0 aromatic heterocycles. The van der Waals surface area contributed by atoms with E-state index in [0.717, 1.165) is 21.7 Å². The molecule has 0 radical (unpaired) electrons. The Balaban J connectivity index is 2.03. The van der Waals surface area contributed by atoms with Crippen molar-refractivity contribution in [2.24, 2.45) is 0 Å². The van der Waals surface area contributed by atoms with E-state index in [1.54, 1.807) is 48.5 Å². The van der Waals surface area contributed by atoms with E-state index in [1.165, 1.54) is 11.9 Å². The maximum atomic E-state index is 13.8.